The second-order valence-corrected chi connectivity index (χ2v) is 5.11. The molecule has 5 nitrogen and oxygen atoms in total. The zero-order chi connectivity index (χ0) is 15.2. The van der Waals surface area contributed by atoms with Crippen LogP contribution in [0.25, 0.3) is 0 Å². The van der Waals surface area contributed by atoms with E-state index in [2.05, 4.69) is 5.32 Å². The van der Waals surface area contributed by atoms with E-state index in [1.165, 1.54) is 6.20 Å². The number of halogens is 2. The van der Waals surface area contributed by atoms with Crippen molar-refractivity contribution in [2.24, 2.45) is 0 Å². The molecule has 1 aliphatic rings. The van der Waals surface area contributed by atoms with Crippen LogP contribution in [0.5, 0.6) is 0 Å². The molecule has 7 heteroatoms. The minimum atomic E-state index is -0.327. The highest BCUT2D eigenvalue weighted by Crippen LogP contribution is 2.29. The summed E-state index contributed by atoms with van der Waals surface area (Å²) in [5, 5.41) is 12.7. The second-order valence-electron chi connectivity index (χ2n) is 4.32. The Bertz CT molecular complexity index is 605. The first kappa shape index (κ1) is 15.6. The molecule has 0 atom stereocenters. The Morgan fingerprint density at radius 3 is 2.76 bits per heavy atom. The molecular weight excluding hydrogens is 313 g/mol. The molecule has 0 aromatic heterocycles. The Morgan fingerprint density at radius 1 is 1.38 bits per heavy atom. The van der Waals surface area contributed by atoms with Gasteiger partial charge in [0.25, 0.3) is 5.91 Å². The second kappa shape index (κ2) is 7.32. The molecule has 1 saturated heterocycles. The lowest BCUT2D eigenvalue weighted by atomic mass is 10.2. The van der Waals surface area contributed by atoms with E-state index in [0.29, 0.717) is 42.0 Å². The summed E-state index contributed by atoms with van der Waals surface area (Å²) in [5.41, 5.74) is 0.541. The first-order valence-corrected chi connectivity index (χ1v) is 7.07. The summed E-state index contributed by atoms with van der Waals surface area (Å²) in [6.07, 6.45) is 1.34. The summed E-state index contributed by atoms with van der Waals surface area (Å²) < 4.78 is 5.18. The van der Waals surface area contributed by atoms with Crippen molar-refractivity contribution >= 4 is 34.8 Å². The van der Waals surface area contributed by atoms with E-state index >= 15 is 0 Å². The maximum absolute atomic E-state index is 12.2. The zero-order valence-corrected chi connectivity index (χ0v) is 12.6. The Kier molecular flexibility index (Phi) is 5.45. The van der Waals surface area contributed by atoms with Gasteiger partial charge in [-0.25, -0.2) is 0 Å². The average molecular weight is 326 g/mol. The van der Waals surface area contributed by atoms with Crippen molar-refractivity contribution in [3.63, 3.8) is 0 Å². The summed E-state index contributed by atoms with van der Waals surface area (Å²) in [4.78, 5) is 13.8. The van der Waals surface area contributed by atoms with Gasteiger partial charge in [-0.05, 0) is 12.1 Å². The molecule has 1 N–H and O–H groups in total. The number of hydrogen-bond acceptors (Lipinski definition) is 4. The monoisotopic (exact) mass is 325 g/mol. The van der Waals surface area contributed by atoms with Crippen molar-refractivity contribution in [3.8, 4) is 6.07 Å². The molecule has 1 aromatic carbocycles. The van der Waals surface area contributed by atoms with E-state index < -0.39 is 0 Å². The summed E-state index contributed by atoms with van der Waals surface area (Å²) in [5.74, 6) is -0.327. The minimum absolute atomic E-state index is 0.00735. The number of morpholine rings is 1. The maximum Gasteiger partial charge on any atom is 0.266 e. The maximum atomic E-state index is 12.2. The number of rotatable bonds is 3. The molecule has 110 valence electrons. The Hall–Kier alpha value is -1.74. The fraction of sp³-hybridized carbons (Fsp3) is 0.286. The normalized spacial score (nSPS) is 15.5. The van der Waals surface area contributed by atoms with Crippen molar-refractivity contribution in [3.05, 3.63) is 40.0 Å². The summed E-state index contributed by atoms with van der Waals surface area (Å²) in [7, 11) is 0. The lowest BCUT2D eigenvalue weighted by Gasteiger charge is -2.26. The van der Waals surface area contributed by atoms with Gasteiger partial charge in [0.15, 0.2) is 0 Å². The van der Waals surface area contributed by atoms with Crippen LogP contribution in [0.4, 0.5) is 5.69 Å². The molecule has 1 fully saturated rings. The number of carbonyl (C=O) groups is 1. The van der Waals surface area contributed by atoms with E-state index in [1.54, 1.807) is 23.1 Å². The number of amides is 1. The predicted molar refractivity (Wildman–Crippen MR) is 81.2 cm³/mol. The van der Waals surface area contributed by atoms with Gasteiger partial charge in [0, 0.05) is 19.3 Å². The first-order valence-electron chi connectivity index (χ1n) is 6.31. The van der Waals surface area contributed by atoms with E-state index in [1.807, 2.05) is 6.07 Å². The van der Waals surface area contributed by atoms with E-state index in [4.69, 9.17) is 33.2 Å². The van der Waals surface area contributed by atoms with Crippen molar-refractivity contribution in [2.75, 3.05) is 31.6 Å². The molecule has 1 aliphatic heterocycles. The molecule has 0 bridgehead atoms. The van der Waals surface area contributed by atoms with Crippen molar-refractivity contribution in [1.82, 2.24) is 4.90 Å². The number of anilines is 1. The molecule has 1 aromatic rings. The van der Waals surface area contributed by atoms with Crippen LogP contribution in [0, 0.1) is 11.3 Å². The Labute approximate surface area is 132 Å². The van der Waals surface area contributed by atoms with Gasteiger partial charge < -0.3 is 15.0 Å². The van der Waals surface area contributed by atoms with E-state index in [9.17, 15) is 4.79 Å². The van der Waals surface area contributed by atoms with Crippen molar-refractivity contribution in [2.45, 2.75) is 0 Å². The SMILES string of the molecule is N#C/C(=C/Nc1cccc(Cl)c1Cl)C(=O)N1CCOCC1. The van der Waals surface area contributed by atoms with Gasteiger partial charge in [-0.3, -0.25) is 4.79 Å². The number of benzene rings is 1. The van der Waals surface area contributed by atoms with Gasteiger partial charge >= 0.3 is 0 Å². The molecule has 1 heterocycles. The summed E-state index contributed by atoms with van der Waals surface area (Å²) >= 11 is 11.9. The third kappa shape index (κ3) is 3.88. The highest BCUT2D eigenvalue weighted by atomic mass is 35.5. The van der Waals surface area contributed by atoms with Crippen LogP contribution >= 0.6 is 23.2 Å². The van der Waals surface area contributed by atoms with E-state index in [-0.39, 0.29) is 11.5 Å². The number of hydrogen-bond donors (Lipinski definition) is 1. The van der Waals surface area contributed by atoms with Gasteiger partial charge in [-0.2, -0.15) is 5.26 Å². The standard InChI is InChI=1S/C14H13Cl2N3O2/c15-11-2-1-3-12(13(11)16)18-9-10(8-17)14(20)19-4-6-21-7-5-19/h1-3,9,18H,4-7H2/b10-9-. The zero-order valence-electron chi connectivity index (χ0n) is 11.1. The Balaban J connectivity index is 2.11. The fourth-order valence-electron chi connectivity index (χ4n) is 1.84. The number of nitrogens with zero attached hydrogens (tertiary/aromatic N) is 2. The Morgan fingerprint density at radius 2 is 2.10 bits per heavy atom. The highest BCUT2D eigenvalue weighted by molar-refractivity contribution is 6.43. The van der Waals surface area contributed by atoms with Crippen LogP contribution in [0.2, 0.25) is 10.0 Å². The van der Waals surface area contributed by atoms with E-state index in [0.717, 1.165) is 0 Å². The van der Waals surface area contributed by atoms with Gasteiger partial charge in [-0.15, -0.1) is 0 Å². The topological polar surface area (TPSA) is 65.4 Å². The quantitative estimate of drug-likeness (QED) is 0.685. The number of ether oxygens (including phenoxy) is 1. The molecule has 0 radical (unpaired) electrons. The summed E-state index contributed by atoms with van der Waals surface area (Å²) in [6, 6.07) is 6.98. The molecule has 2 rings (SSSR count). The van der Waals surface area contributed by atoms with Crippen LogP contribution in [0.1, 0.15) is 0 Å². The predicted octanol–water partition coefficient (Wildman–Crippen LogP) is 2.67. The third-order valence-electron chi connectivity index (χ3n) is 2.97. The lowest BCUT2D eigenvalue weighted by Crippen LogP contribution is -2.41. The van der Waals surface area contributed by atoms with Gasteiger partial charge in [0.05, 0.1) is 28.9 Å². The van der Waals surface area contributed by atoms with Crippen LogP contribution < -0.4 is 5.32 Å². The third-order valence-corrected chi connectivity index (χ3v) is 3.79. The summed E-state index contributed by atoms with van der Waals surface area (Å²) in [6.45, 7) is 1.93. The first-order chi connectivity index (χ1) is 10.1. The van der Waals surface area contributed by atoms with Crippen LogP contribution in [0.15, 0.2) is 30.0 Å². The molecular formula is C14H13Cl2N3O2. The molecule has 0 spiro atoms. The smallest absolute Gasteiger partial charge is 0.266 e. The van der Waals surface area contributed by atoms with Crippen LogP contribution in [0.3, 0.4) is 0 Å². The van der Waals surface area contributed by atoms with Crippen molar-refractivity contribution in [1.29, 1.82) is 5.26 Å². The number of nitriles is 1. The minimum Gasteiger partial charge on any atom is -0.378 e. The number of carbonyl (C=O) groups excluding carboxylic acids is 1. The van der Waals surface area contributed by atoms with Crippen LogP contribution in [-0.4, -0.2) is 37.1 Å². The van der Waals surface area contributed by atoms with Crippen LogP contribution in [-0.2, 0) is 9.53 Å². The molecule has 0 unspecified atom stereocenters. The molecule has 0 saturated carbocycles. The fourth-order valence-corrected chi connectivity index (χ4v) is 2.20. The van der Waals surface area contributed by atoms with Crippen molar-refractivity contribution < 1.29 is 9.53 Å². The lowest BCUT2D eigenvalue weighted by molar-refractivity contribution is -0.130. The largest absolute Gasteiger partial charge is 0.378 e. The molecule has 0 aliphatic carbocycles. The van der Waals surface area contributed by atoms with Gasteiger partial charge in [0.2, 0.25) is 0 Å². The molecule has 1 amide bonds. The number of nitrogens with one attached hydrogen (secondary N) is 1. The molecule has 21 heavy (non-hydrogen) atoms. The average Bonchev–Trinajstić information content (AvgIpc) is 2.52. The van der Waals surface area contributed by atoms with Gasteiger partial charge in [-0.1, -0.05) is 29.3 Å². The highest BCUT2D eigenvalue weighted by Gasteiger charge is 2.20. The van der Waals surface area contributed by atoms with Gasteiger partial charge in [0.1, 0.15) is 11.6 Å².